The van der Waals surface area contributed by atoms with Crippen LogP contribution in [0.5, 0.6) is 0 Å². The van der Waals surface area contributed by atoms with E-state index in [2.05, 4.69) is 16.8 Å². The SMILES string of the molecule is O=C(CCCc1cccs1)NCc1ccco1. The van der Waals surface area contributed by atoms with E-state index in [1.165, 1.54) is 4.88 Å². The zero-order chi connectivity index (χ0) is 11.9. The van der Waals surface area contributed by atoms with E-state index < -0.39 is 0 Å². The van der Waals surface area contributed by atoms with Gasteiger partial charge in [-0.25, -0.2) is 0 Å². The van der Waals surface area contributed by atoms with E-state index >= 15 is 0 Å². The molecule has 1 amide bonds. The fourth-order valence-corrected chi connectivity index (χ4v) is 2.32. The van der Waals surface area contributed by atoms with E-state index in [1.54, 1.807) is 17.6 Å². The number of hydrogen-bond acceptors (Lipinski definition) is 3. The number of carbonyl (C=O) groups is 1. The van der Waals surface area contributed by atoms with Crippen molar-refractivity contribution in [1.29, 1.82) is 0 Å². The van der Waals surface area contributed by atoms with Crippen molar-refractivity contribution in [3.05, 3.63) is 46.5 Å². The van der Waals surface area contributed by atoms with Crippen LogP contribution in [0.3, 0.4) is 0 Å². The number of nitrogens with one attached hydrogen (secondary N) is 1. The van der Waals surface area contributed by atoms with E-state index in [1.807, 2.05) is 18.2 Å². The second-order valence-electron chi connectivity index (χ2n) is 3.79. The van der Waals surface area contributed by atoms with Crippen LogP contribution in [0.15, 0.2) is 40.3 Å². The first kappa shape index (κ1) is 11.9. The van der Waals surface area contributed by atoms with Gasteiger partial charge in [0, 0.05) is 11.3 Å². The molecule has 0 fully saturated rings. The van der Waals surface area contributed by atoms with Gasteiger partial charge in [0.05, 0.1) is 12.8 Å². The summed E-state index contributed by atoms with van der Waals surface area (Å²) in [7, 11) is 0. The van der Waals surface area contributed by atoms with E-state index in [0.29, 0.717) is 13.0 Å². The van der Waals surface area contributed by atoms with Crippen LogP contribution in [0.4, 0.5) is 0 Å². The summed E-state index contributed by atoms with van der Waals surface area (Å²) < 4.78 is 5.13. The number of rotatable bonds is 6. The first-order valence-corrected chi connectivity index (χ1v) is 6.54. The molecule has 0 saturated heterocycles. The highest BCUT2D eigenvalue weighted by Gasteiger charge is 2.03. The van der Waals surface area contributed by atoms with Crippen LogP contribution in [0.1, 0.15) is 23.5 Å². The van der Waals surface area contributed by atoms with Crippen LogP contribution in [-0.2, 0) is 17.8 Å². The molecule has 0 atom stereocenters. The number of amides is 1. The van der Waals surface area contributed by atoms with Crippen molar-refractivity contribution in [3.8, 4) is 0 Å². The van der Waals surface area contributed by atoms with Crippen LogP contribution in [-0.4, -0.2) is 5.91 Å². The Kier molecular flexibility index (Phi) is 4.38. The summed E-state index contributed by atoms with van der Waals surface area (Å²) in [5.41, 5.74) is 0. The van der Waals surface area contributed by atoms with Gasteiger partial charge in [0.1, 0.15) is 5.76 Å². The minimum atomic E-state index is 0.0814. The Labute approximate surface area is 104 Å². The van der Waals surface area contributed by atoms with Gasteiger partial charge in [-0.1, -0.05) is 6.07 Å². The molecule has 3 nitrogen and oxygen atoms in total. The zero-order valence-electron chi connectivity index (χ0n) is 9.52. The predicted molar refractivity (Wildman–Crippen MR) is 67.8 cm³/mol. The topological polar surface area (TPSA) is 42.2 Å². The fraction of sp³-hybridized carbons (Fsp3) is 0.308. The van der Waals surface area contributed by atoms with Crippen LogP contribution in [0.25, 0.3) is 0 Å². The monoisotopic (exact) mass is 249 g/mol. The van der Waals surface area contributed by atoms with Crippen molar-refractivity contribution < 1.29 is 9.21 Å². The molecular weight excluding hydrogens is 234 g/mol. The molecule has 0 aliphatic rings. The third kappa shape index (κ3) is 4.07. The normalized spacial score (nSPS) is 10.4. The lowest BCUT2D eigenvalue weighted by Gasteiger charge is -2.02. The molecule has 90 valence electrons. The van der Waals surface area contributed by atoms with Crippen LogP contribution in [0, 0.1) is 0 Å². The van der Waals surface area contributed by atoms with Crippen molar-refractivity contribution >= 4 is 17.2 Å². The van der Waals surface area contributed by atoms with Gasteiger partial charge in [0.15, 0.2) is 0 Å². The first-order valence-electron chi connectivity index (χ1n) is 5.66. The van der Waals surface area contributed by atoms with Gasteiger partial charge in [-0.15, -0.1) is 11.3 Å². The maximum atomic E-state index is 11.5. The number of carbonyl (C=O) groups excluding carboxylic acids is 1. The zero-order valence-corrected chi connectivity index (χ0v) is 10.3. The van der Waals surface area contributed by atoms with E-state index in [9.17, 15) is 4.79 Å². The molecule has 0 bridgehead atoms. The number of furan rings is 1. The Bertz CT molecular complexity index is 434. The smallest absolute Gasteiger partial charge is 0.220 e. The van der Waals surface area contributed by atoms with Gasteiger partial charge in [0.2, 0.25) is 5.91 Å². The van der Waals surface area contributed by atoms with Gasteiger partial charge in [-0.3, -0.25) is 4.79 Å². The molecule has 0 unspecified atom stereocenters. The van der Waals surface area contributed by atoms with E-state index in [0.717, 1.165) is 18.6 Å². The number of thiophene rings is 1. The van der Waals surface area contributed by atoms with Gasteiger partial charge in [-0.05, 0) is 36.4 Å². The maximum absolute atomic E-state index is 11.5. The standard InChI is InChI=1S/C13H15NO2S/c15-13(14-10-11-4-2-8-16-11)7-1-5-12-6-3-9-17-12/h2-4,6,8-9H,1,5,7,10H2,(H,14,15). The molecule has 2 heterocycles. The number of aryl methyl sites for hydroxylation is 1. The Balaban J connectivity index is 1.61. The van der Waals surface area contributed by atoms with Gasteiger partial charge in [-0.2, -0.15) is 0 Å². The Morgan fingerprint density at radius 1 is 1.35 bits per heavy atom. The third-order valence-electron chi connectivity index (χ3n) is 2.45. The third-order valence-corrected chi connectivity index (χ3v) is 3.38. The van der Waals surface area contributed by atoms with Crippen molar-refractivity contribution in [2.24, 2.45) is 0 Å². The summed E-state index contributed by atoms with van der Waals surface area (Å²) in [6.07, 6.45) is 4.05. The summed E-state index contributed by atoms with van der Waals surface area (Å²) in [4.78, 5) is 12.9. The molecule has 0 spiro atoms. The van der Waals surface area contributed by atoms with Crippen LogP contribution in [0.2, 0.25) is 0 Å². The minimum absolute atomic E-state index is 0.0814. The molecule has 1 N–H and O–H groups in total. The highest BCUT2D eigenvalue weighted by atomic mass is 32.1. The van der Waals surface area contributed by atoms with Gasteiger partial charge < -0.3 is 9.73 Å². The molecule has 0 aliphatic carbocycles. The summed E-state index contributed by atoms with van der Waals surface area (Å²) in [5.74, 6) is 0.870. The lowest BCUT2D eigenvalue weighted by atomic mass is 10.2. The Morgan fingerprint density at radius 2 is 2.29 bits per heavy atom. The average molecular weight is 249 g/mol. The summed E-state index contributed by atoms with van der Waals surface area (Å²) in [5, 5.41) is 4.90. The molecule has 2 aromatic rings. The lowest BCUT2D eigenvalue weighted by Crippen LogP contribution is -2.22. The quantitative estimate of drug-likeness (QED) is 0.855. The predicted octanol–water partition coefficient (Wildman–Crippen LogP) is 2.98. The second-order valence-corrected chi connectivity index (χ2v) is 4.82. The molecule has 4 heteroatoms. The molecule has 2 rings (SSSR count). The van der Waals surface area contributed by atoms with Crippen molar-refractivity contribution in [2.75, 3.05) is 0 Å². The lowest BCUT2D eigenvalue weighted by molar-refractivity contribution is -0.121. The molecule has 0 aromatic carbocycles. The maximum Gasteiger partial charge on any atom is 0.220 e. The average Bonchev–Trinajstić information content (AvgIpc) is 2.99. The molecule has 0 aliphatic heterocycles. The largest absolute Gasteiger partial charge is 0.467 e. The van der Waals surface area contributed by atoms with Crippen LogP contribution < -0.4 is 5.32 Å². The minimum Gasteiger partial charge on any atom is -0.467 e. The van der Waals surface area contributed by atoms with Crippen molar-refractivity contribution in [3.63, 3.8) is 0 Å². The van der Waals surface area contributed by atoms with Crippen molar-refractivity contribution in [1.82, 2.24) is 5.32 Å². The second kappa shape index (κ2) is 6.25. The summed E-state index contributed by atoms with van der Waals surface area (Å²) >= 11 is 1.74. The van der Waals surface area contributed by atoms with Crippen LogP contribution >= 0.6 is 11.3 Å². The molecule has 2 aromatic heterocycles. The van der Waals surface area contributed by atoms with Gasteiger partial charge >= 0.3 is 0 Å². The summed E-state index contributed by atoms with van der Waals surface area (Å²) in [6, 6.07) is 7.81. The molecular formula is C13H15NO2S. The molecule has 17 heavy (non-hydrogen) atoms. The Hall–Kier alpha value is -1.55. The first-order chi connectivity index (χ1) is 8.34. The fourth-order valence-electron chi connectivity index (χ4n) is 1.57. The highest BCUT2D eigenvalue weighted by molar-refractivity contribution is 7.09. The Morgan fingerprint density at radius 3 is 3.00 bits per heavy atom. The molecule has 0 radical (unpaired) electrons. The highest BCUT2D eigenvalue weighted by Crippen LogP contribution is 2.11. The van der Waals surface area contributed by atoms with Crippen molar-refractivity contribution in [2.45, 2.75) is 25.8 Å². The van der Waals surface area contributed by atoms with Gasteiger partial charge in [0.25, 0.3) is 0 Å². The summed E-state index contributed by atoms with van der Waals surface area (Å²) in [6.45, 7) is 0.477. The van der Waals surface area contributed by atoms with E-state index in [-0.39, 0.29) is 5.91 Å². The van der Waals surface area contributed by atoms with E-state index in [4.69, 9.17) is 4.42 Å². The number of hydrogen-bond donors (Lipinski definition) is 1. The molecule has 0 saturated carbocycles.